The first kappa shape index (κ1) is 8.80. The summed E-state index contributed by atoms with van der Waals surface area (Å²) in [4.78, 5) is 14.0. The maximum atomic E-state index is 11.2. The summed E-state index contributed by atoms with van der Waals surface area (Å²) in [5.41, 5.74) is 0.510. The highest BCUT2D eigenvalue weighted by Crippen LogP contribution is 1.94. The molecule has 4 nitrogen and oxygen atoms in total. The Morgan fingerprint density at radius 2 is 2.58 bits per heavy atom. The molecule has 0 aromatic carbocycles. The minimum absolute atomic E-state index is 0.0492. The zero-order valence-electron chi connectivity index (χ0n) is 6.87. The van der Waals surface area contributed by atoms with Gasteiger partial charge in [0, 0.05) is 12.2 Å². The van der Waals surface area contributed by atoms with Gasteiger partial charge in [-0.2, -0.15) is 0 Å². The Labute approximate surface area is 70.6 Å². The van der Waals surface area contributed by atoms with Crippen molar-refractivity contribution in [2.24, 2.45) is 0 Å². The summed E-state index contributed by atoms with van der Waals surface area (Å²) >= 11 is 0. The second-order valence-corrected chi connectivity index (χ2v) is 2.64. The second kappa shape index (κ2) is 3.92. The highest BCUT2D eigenvalue weighted by atomic mass is 16.3. The van der Waals surface area contributed by atoms with Crippen molar-refractivity contribution < 1.29 is 9.90 Å². The molecule has 0 aliphatic heterocycles. The van der Waals surface area contributed by atoms with Gasteiger partial charge in [-0.3, -0.25) is 4.79 Å². The first-order valence-electron chi connectivity index (χ1n) is 3.79. The molecule has 0 fully saturated rings. The molecule has 12 heavy (non-hydrogen) atoms. The van der Waals surface area contributed by atoms with Crippen LogP contribution in [0.4, 0.5) is 0 Å². The average Bonchev–Trinajstić information content (AvgIpc) is 2.56. The van der Waals surface area contributed by atoms with Crippen molar-refractivity contribution in [3.05, 3.63) is 24.0 Å². The molecular weight excluding hydrogens is 156 g/mol. The molecule has 1 atom stereocenters. The maximum absolute atomic E-state index is 11.2. The van der Waals surface area contributed by atoms with E-state index in [1.54, 1.807) is 25.3 Å². The van der Waals surface area contributed by atoms with Crippen LogP contribution >= 0.6 is 0 Å². The number of carbonyl (C=O) groups excluding carboxylic acids is 1. The number of amides is 1. The number of H-pyrrole nitrogens is 1. The lowest BCUT2D eigenvalue weighted by atomic mass is 10.3. The van der Waals surface area contributed by atoms with E-state index in [4.69, 9.17) is 5.11 Å². The van der Waals surface area contributed by atoms with Crippen molar-refractivity contribution in [3.8, 4) is 0 Å². The molecule has 1 rings (SSSR count). The number of aliphatic hydroxyl groups excluding tert-OH is 1. The lowest BCUT2D eigenvalue weighted by Crippen LogP contribution is -2.35. The van der Waals surface area contributed by atoms with E-state index in [0.29, 0.717) is 5.69 Å². The van der Waals surface area contributed by atoms with Crippen LogP contribution in [0.1, 0.15) is 17.4 Å². The van der Waals surface area contributed by atoms with Crippen molar-refractivity contribution in [2.75, 3.05) is 6.61 Å². The summed E-state index contributed by atoms with van der Waals surface area (Å²) in [5, 5.41) is 11.3. The smallest absolute Gasteiger partial charge is 0.267 e. The molecule has 1 aromatic heterocycles. The Balaban J connectivity index is 2.50. The number of nitrogens with one attached hydrogen (secondary N) is 2. The first-order valence-corrected chi connectivity index (χ1v) is 3.79. The van der Waals surface area contributed by atoms with E-state index in [0.717, 1.165) is 0 Å². The summed E-state index contributed by atoms with van der Waals surface area (Å²) in [6, 6.07) is 3.22. The predicted molar refractivity (Wildman–Crippen MR) is 44.8 cm³/mol. The number of aromatic nitrogens is 1. The van der Waals surface area contributed by atoms with Crippen LogP contribution in [-0.2, 0) is 0 Å². The first-order chi connectivity index (χ1) is 5.74. The molecule has 0 unspecified atom stereocenters. The van der Waals surface area contributed by atoms with E-state index in [1.165, 1.54) is 0 Å². The molecule has 1 aromatic rings. The minimum atomic E-state index is -0.208. The van der Waals surface area contributed by atoms with Crippen molar-refractivity contribution in [1.82, 2.24) is 10.3 Å². The van der Waals surface area contributed by atoms with Crippen LogP contribution in [0.2, 0.25) is 0 Å². The number of aromatic amines is 1. The summed E-state index contributed by atoms with van der Waals surface area (Å²) in [6.07, 6.45) is 1.68. The number of hydrogen-bond acceptors (Lipinski definition) is 2. The van der Waals surface area contributed by atoms with Gasteiger partial charge in [-0.25, -0.2) is 0 Å². The fourth-order valence-corrected chi connectivity index (χ4v) is 0.819. The maximum Gasteiger partial charge on any atom is 0.267 e. The third kappa shape index (κ3) is 2.10. The van der Waals surface area contributed by atoms with Crippen molar-refractivity contribution in [2.45, 2.75) is 13.0 Å². The Bertz CT molecular complexity index is 244. The highest BCUT2D eigenvalue weighted by molar-refractivity contribution is 5.92. The molecule has 1 amide bonds. The molecule has 0 aliphatic carbocycles. The van der Waals surface area contributed by atoms with Gasteiger partial charge in [-0.05, 0) is 19.1 Å². The van der Waals surface area contributed by atoms with Gasteiger partial charge < -0.3 is 15.4 Å². The Morgan fingerprint density at radius 1 is 1.83 bits per heavy atom. The van der Waals surface area contributed by atoms with Crippen molar-refractivity contribution in [1.29, 1.82) is 0 Å². The van der Waals surface area contributed by atoms with E-state index in [-0.39, 0.29) is 18.6 Å². The molecule has 4 heteroatoms. The third-order valence-corrected chi connectivity index (χ3v) is 1.49. The van der Waals surface area contributed by atoms with Gasteiger partial charge in [0.15, 0.2) is 0 Å². The molecule has 0 bridgehead atoms. The van der Waals surface area contributed by atoms with Crippen molar-refractivity contribution in [3.63, 3.8) is 0 Å². The lowest BCUT2D eigenvalue weighted by Gasteiger charge is -2.08. The van der Waals surface area contributed by atoms with E-state index < -0.39 is 0 Å². The van der Waals surface area contributed by atoms with Crippen LogP contribution in [-0.4, -0.2) is 28.6 Å². The molecular formula is C8H12N2O2. The number of aliphatic hydroxyl groups is 1. The van der Waals surface area contributed by atoms with E-state index in [1.807, 2.05) is 0 Å². The number of carbonyl (C=O) groups is 1. The van der Waals surface area contributed by atoms with Gasteiger partial charge in [0.2, 0.25) is 0 Å². The van der Waals surface area contributed by atoms with Crippen LogP contribution < -0.4 is 5.32 Å². The SMILES string of the molecule is C[C@H](CO)NC(=O)c1ccc[nH]1. The van der Waals surface area contributed by atoms with Crippen molar-refractivity contribution >= 4 is 5.91 Å². The molecule has 0 saturated carbocycles. The van der Waals surface area contributed by atoms with Crippen LogP contribution in [0, 0.1) is 0 Å². The minimum Gasteiger partial charge on any atom is -0.394 e. The molecule has 0 saturated heterocycles. The van der Waals surface area contributed by atoms with Crippen LogP contribution in [0.15, 0.2) is 18.3 Å². The molecule has 1 heterocycles. The molecule has 0 aliphatic rings. The Kier molecular flexibility index (Phi) is 2.88. The third-order valence-electron chi connectivity index (χ3n) is 1.49. The van der Waals surface area contributed by atoms with E-state index in [2.05, 4.69) is 10.3 Å². The zero-order valence-corrected chi connectivity index (χ0v) is 6.87. The fourth-order valence-electron chi connectivity index (χ4n) is 0.819. The largest absolute Gasteiger partial charge is 0.394 e. The van der Waals surface area contributed by atoms with Gasteiger partial charge in [0.1, 0.15) is 5.69 Å². The average molecular weight is 168 g/mol. The van der Waals surface area contributed by atoms with E-state index in [9.17, 15) is 4.79 Å². The topological polar surface area (TPSA) is 65.1 Å². The highest BCUT2D eigenvalue weighted by Gasteiger charge is 2.08. The monoisotopic (exact) mass is 168 g/mol. The molecule has 66 valence electrons. The van der Waals surface area contributed by atoms with Gasteiger partial charge in [0.05, 0.1) is 6.61 Å². The summed E-state index contributed by atoms with van der Waals surface area (Å²) in [5.74, 6) is -0.193. The normalized spacial score (nSPS) is 12.5. The van der Waals surface area contributed by atoms with Gasteiger partial charge in [-0.1, -0.05) is 0 Å². The standard InChI is InChI=1S/C8H12N2O2/c1-6(5-11)10-8(12)7-3-2-4-9-7/h2-4,6,9,11H,5H2,1H3,(H,10,12)/t6-/m1/s1. The molecule has 0 spiro atoms. The Hall–Kier alpha value is -1.29. The van der Waals surface area contributed by atoms with Crippen LogP contribution in [0.25, 0.3) is 0 Å². The summed E-state index contributed by atoms with van der Waals surface area (Å²) in [6.45, 7) is 1.69. The number of hydrogen-bond donors (Lipinski definition) is 3. The molecule has 0 radical (unpaired) electrons. The summed E-state index contributed by atoms with van der Waals surface area (Å²) in [7, 11) is 0. The quantitative estimate of drug-likeness (QED) is 0.600. The predicted octanol–water partition coefficient (Wildman–Crippen LogP) is 0.125. The molecule has 3 N–H and O–H groups in total. The van der Waals surface area contributed by atoms with Gasteiger partial charge in [0.25, 0.3) is 5.91 Å². The van der Waals surface area contributed by atoms with Crippen LogP contribution in [0.5, 0.6) is 0 Å². The van der Waals surface area contributed by atoms with Gasteiger partial charge in [-0.15, -0.1) is 0 Å². The zero-order chi connectivity index (χ0) is 8.97. The lowest BCUT2D eigenvalue weighted by molar-refractivity contribution is 0.0918. The van der Waals surface area contributed by atoms with Gasteiger partial charge >= 0.3 is 0 Å². The van der Waals surface area contributed by atoms with E-state index >= 15 is 0 Å². The summed E-state index contributed by atoms with van der Waals surface area (Å²) < 4.78 is 0. The Morgan fingerprint density at radius 3 is 3.08 bits per heavy atom. The van der Waals surface area contributed by atoms with Crippen LogP contribution in [0.3, 0.4) is 0 Å². The second-order valence-electron chi connectivity index (χ2n) is 2.64. The fraction of sp³-hybridized carbons (Fsp3) is 0.375. The number of rotatable bonds is 3.